The molecule has 110 valence electrons. The number of rotatable bonds is 2. The van der Waals surface area contributed by atoms with Crippen LogP contribution in [-0.4, -0.2) is 25.0 Å². The number of anilines is 1. The SMILES string of the molecule is NC1=N[C@](CF)(c2cccc(N)c2)C[C@@H](C(F)(F)F)O1. The molecule has 1 aliphatic heterocycles. The summed E-state index contributed by atoms with van der Waals surface area (Å²) in [5.74, 6) is 0. The molecule has 0 saturated carbocycles. The molecule has 4 N–H and O–H groups in total. The molecule has 0 radical (unpaired) electrons. The van der Waals surface area contributed by atoms with E-state index in [0.717, 1.165) is 0 Å². The van der Waals surface area contributed by atoms with Gasteiger partial charge < -0.3 is 16.2 Å². The van der Waals surface area contributed by atoms with Crippen LogP contribution in [0.4, 0.5) is 23.2 Å². The van der Waals surface area contributed by atoms with E-state index in [1.807, 2.05) is 0 Å². The van der Waals surface area contributed by atoms with E-state index in [0.29, 0.717) is 5.69 Å². The zero-order valence-electron chi connectivity index (χ0n) is 10.3. The van der Waals surface area contributed by atoms with Gasteiger partial charge in [0.25, 0.3) is 6.02 Å². The number of ether oxygens (including phenoxy) is 1. The first-order valence-corrected chi connectivity index (χ1v) is 5.77. The van der Waals surface area contributed by atoms with E-state index in [4.69, 9.17) is 11.5 Å². The van der Waals surface area contributed by atoms with Crippen molar-refractivity contribution in [3.8, 4) is 0 Å². The van der Waals surface area contributed by atoms with Gasteiger partial charge in [-0.3, -0.25) is 0 Å². The van der Waals surface area contributed by atoms with E-state index in [1.54, 1.807) is 6.07 Å². The highest BCUT2D eigenvalue weighted by Gasteiger charge is 2.51. The predicted molar refractivity (Wildman–Crippen MR) is 65.7 cm³/mol. The van der Waals surface area contributed by atoms with Crippen molar-refractivity contribution in [2.24, 2.45) is 10.7 Å². The molecule has 1 aliphatic rings. The molecular weight excluding hydrogens is 278 g/mol. The van der Waals surface area contributed by atoms with Crippen LogP contribution in [0.15, 0.2) is 29.3 Å². The Balaban J connectivity index is 2.47. The Hall–Kier alpha value is -1.99. The monoisotopic (exact) mass is 291 g/mol. The van der Waals surface area contributed by atoms with Gasteiger partial charge in [0, 0.05) is 12.1 Å². The molecule has 1 heterocycles. The Morgan fingerprint density at radius 3 is 2.60 bits per heavy atom. The Bertz CT molecular complexity index is 532. The third kappa shape index (κ3) is 2.63. The second-order valence-electron chi connectivity index (χ2n) is 4.59. The highest BCUT2D eigenvalue weighted by atomic mass is 19.4. The van der Waals surface area contributed by atoms with Crippen molar-refractivity contribution in [2.75, 3.05) is 12.4 Å². The van der Waals surface area contributed by atoms with Crippen molar-refractivity contribution in [3.05, 3.63) is 29.8 Å². The van der Waals surface area contributed by atoms with Gasteiger partial charge in [-0.05, 0) is 17.7 Å². The first kappa shape index (κ1) is 14.4. The number of hydrogen-bond acceptors (Lipinski definition) is 4. The number of nitrogens with zero attached hydrogens (tertiary/aromatic N) is 1. The van der Waals surface area contributed by atoms with Crippen LogP contribution in [0.3, 0.4) is 0 Å². The lowest BCUT2D eigenvalue weighted by molar-refractivity contribution is -0.209. The summed E-state index contributed by atoms with van der Waals surface area (Å²) in [5, 5.41) is 0. The average Bonchev–Trinajstić information content (AvgIpc) is 2.37. The first-order chi connectivity index (χ1) is 9.27. The largest absolute Gasteiger partial charge is 0.452 e. The van der Waals surface area contributed by atoms with E-state index in [-0.39, 0.29) is 5.56 Å². The van der Waals surface area contributed by atoms with Gasteiger partial charge >= 0.3 is 6.18 Å². The van der Waals surface area contributed by atoms with E-state index in [2.05, 4.69) is 9.73 Å². The molecule has 0 aliphatic carbocycles. The van der Waals surface area contributed by atoms with Crippen LogP contribution in [0.1, 0.15) is 12.0 Å². The molecule has 20 heavy (non-hydrogen) atoms. The maximum absolute atomic E-state index is 13.5. The van der Waals surface area contributed by atoms with Crippen molar-refractivity contribution in [1.29, 1.82) is 0 Å². The fourth-order valence-corrected chi connectivity index (χ4v) is 2.13. The summed E-state index contributed by atoms with van der Waals surface area (Å²) < 4.78 is 56.3. The van der Waals surface area contributed by atoms with Crippen LogP contribution in [0.25, 0.3) is 0 Å². The van der Waals surface area contributed by atoms with Gasteiger partial charge in [0.05, 0.1) is 0 Å². The molecule has 8 heteroatoms. The number of nitrogen functional groups attached to an aromatic ring is 1. The third-order valence-corrected chi connectivity index (χ3v) is 3.12. The van der Waals surface area contributed by atoms with Gasteiger partial charge in [-0.25, -0.2) is 9.38 Å². The van der Waals surface area contributed by atoms with Crippen molar-refractivity contribution in [3.63, 3.8) is 0 Å². The maximum atomic E-state index is 13.5. The minimum absolute atomic E-state index is 0.237. The molecule has 1 aromatic rings. The first-order valence-electron chi connectivity index (χ1n) is 5.77. The third-order valence-electron chi connectivity index (χ3n) is 3.12. The number of nitrogens with two attached hydrogens (primary N) is 2. The van der Waals surface area contributed by atoms with Crippen LogP contribution >= 0.6 is 0 Å². The molecule has 0 fully saturated rings. The maximum Gasteiger partial charge on any atom is 0.425 e. The van der Waals surface area contributed by atoms with Crippen LogP contribution in [0.5, 0.6) is 0 Å². The van der Waals surface area contributed by atoms with Crippen LogP contribution in [-0.2, 0) is 10.3 Å². The summed E-state index contributed by atoms with van der Waals surface area (Å²) in [7, 11) is 0. The highest BCUT2D eigenvalue weighted by molar-refractivity contribution is 5.73. The van der Waals surface area contributed by atoms with Gasteiger partial charge in [0.2, 0.25) is 0 Å². The fourth-order valence-electron chi connectivity index (χ4n) is 2.13. The minimum atomic E-state index is -4.65. The van der Waals surface area contributed by atoms with E-state index >= 15 is 0 Å². The summed E-state index contributed by atoms with van der Waals surface area (Å²) in [4.78, 5) is 3.75. The molecule has 1 aromatic carbocycles. The molecule has 2 rings (SSSR count). The molecular formula is C12H13F4N3O. The second kappa shape index (κ2) is 4.84. The number of aliphatic imine (C=N–C) groups is 1. The van der Waals surface area contributed by atoms with Gasteiger partial charge in [0.1, 0.15) is 12.2 Å². The summed E-state index contributed by atoms with van der Waals surface area (Å²) in [5.41, 5.74) is 9.67. The van der Waals surface area contributed by atoms with Gasteiger partial charge in [-0.1, -0.05) is 12.1 Å². The number of alkyl halides is 4. The lowest BCUT2D eigenvalue weighted by Crippen LogP contribution is -2.47. The standard InChI is InChI=1S/C12H13F4N3O/c13-6-11(7-2-1-3-8(17)4-7)5-9(12(14,15)16)20-10(18)19-11/h1-4,9H,5-6,17H2,(H2,18,19)/t9-,11+/m0/s1. The van der Waals surface area contributed by atoms with Crippen molar-refractivity contribution in [1.82, 2.24) is 0 Å². The molecule has 0 aromatic heterocycles. The van der Waals surface area contributed by atoms with Gasteiger partial charge in [-0.2, -0.15) is 13.2 Å². The summed E-state index contributed by atoms with van der Waals surface area (Å²) in [6.07, 6.45) is -7.53. The molecule has 0 unspecified atom stereocenters. The highest BCUT2D eigenvalue weighted by Crippen LogP contribution is 2.40. The molecule has 2 atom stereocenters. The van der Waals surface area contributed by atoms with Crippen molar-refractivity contribution in [2.45, 2.75) is 24.2 Å². The topological polar surface area (TPSA) is 73.6 Å². The number of hydrogen-bond donors (Lipinski definition) is 2. The van der Waals surface area contributed by atoms with E-state index in [1.165, 1.54) is 18.2 Å². The zero-order valence-corrected chi connectivity index (χ0v) is 10.3. The number of halogens is 4. The van der Waals surface area contributed by atoms with Crippen LogP contribution < -0.4 is 11.5 Å². The van der Waals surface area contributed by atoms with Gasteiger partial charge in [0.15, 0.2) is 6.10 Å². The smallest absolute Gasteiger partial charge is 0.425 e. The van der Waals surface area contributed by atoms with Gasteiger partial charge in [-0.15, -0.1) is 0 Å². The Kier molecular flexibility index (Phi) is 3.49. The number of benzene rings is 1. The lowest BCUT2D eigenvalue weighted by atomic mass is 9.85. The Labute approximate surface area is 112 Å². The summed E-state index contributed by atoms with van der Waals surface area (Å²) in [6, 6.07) is 5.23. The second-order valence-corrected chi connectivity index (χ2v) is 4.59. The quantitative estimate of drug-likeness (QED) is 0.647. The van der Waals surface area contributed by atoms with Crippen LogP contribution in [0, 0.1) is 0 Å². The molecule has 0 bridgehead atoms. The number of amidine groups is 1. The summed E-state index contributed by atoms with van der Waals surface area (Å²) >= 11 is 0. The van der Waals surface area contributed by atoms with Crippen molar-refractivity contribution >= 4 is 11.7 Å². The predicted octanol–water partition coefficient (Wildman–Crippen LogP) is 2.10. The van der Waals surface area contributed by atoms with Crippen LogP contribution in [0.2, 0.25) is 0 Å². The summed E-state index contributed by atoms with van der Waals surface area (Å²) in [6.45, 7) is -1.13. The minimum Gasteiger partial charge on any atom is -0.452 e. The molecule has 0 saturated heterocycles. The zero-order chi connectivity index (χ0) is 15.0. The molecule has 0 spiro atoms. The van der Waals surface area contributed by atoms with Crippen molar-refractivity contribution < 1.29 is 22.3 Å². The lowest BCUT2D eigenvalue weighted by Gasteiger charge is -2.36. The Morgan fingerprint density at radius 2 is 2.05 bits per heavy atom. The fraction of sp³-hybridized carbons (Fsp3) is 0.417. The molecule has 0 amide bonds. The van der Waals surface area contributed by atoms with E-state index in [9.17, 15) is 17.6 Å². The average molecular weight is 291 g/mol. The normalized spacial score (nSPS) is 26.8. The molecule has 4 nitrogen and oxygen atoms in total. The van der Waals surface area contributed by atoms with E-state index < -0.39 is 36.9 Å². The Morgan fingerprint density at radius 1 is 1.35 bits per heavy atom.